The molecule has 206 valence electrons. The monoisotopic (exact) mass is 550 g/mol. The Morgan fingerprint density at radius 3 is 2.67 bits per heavy atom. The number of rotatable bonds is 4. The van der Waals surface area contributed by atoms with Crippen LogP contribution in [0.2, 0.25) is 0 Å². The molecule has 1 aromatic carbocycles. The maximum absolute atomic E-state index is 13.0. The number of aromatic nitrogens is 4. The van der Waals surface area contributed by atoms with Gasteiger partial charge in [0.15, 0.2) is 0 Å². The number of carbonyl (C=O) groups is 2. The van der Waals surface area contributed by atoms with Crippen molar-refractivity contribution in [2.24, 2.45) is 0 Å². The molecule has 0 bridgehead atoms. The summed E-state index contributed by atoms with van der Waals surface area (Å²) in [4.78, 5) is 40.2. The number of piperidine rings is 1. The van der Waals surface area contributed by atoms with Gasteiger partial charge in [-0.2, -0.15) is 13.2 Å². The molecule has 0 unspecified atom stereocenters. The Bertz CT molecular complexity index is 1600. The summed E-state index contributed by atoms with van der Waals surface area (Å²) in [7, 11) is 0. The van der Waals surface area contributed by atoms with Crippen molar-refractivity contribution in [2.45, 2.75) is 31.0 Å². The number of anilines is 2. The smallest absolute Gasteiger partial charge is 0.382 e. The third-order valence-electron chi connectivity index (χ3n) is 7.41. The fourth-order valence-corrected chi connectivity index (χ4v) is 5.42. The van der Waals surface area contributed by atoms with Gasteiger partial charge in [-0.1, -0.05) is 12.1 Å². The van der Waals surface area contributed by atoms with Crippen LogP contribution >= 0.6 is 0 Å². The second-order valence-electron chi connectivity index (χ2n) is 9.91. The van der Waals surface area contributed by atoms with E-state index < -0.39 is 17.6 Å². The van der Waals surface area contributed by atoms with Crippen LogP contribution in [0.5, 0.6) is 0 Å². The van der Waals surface area contributed by atoms with Gasteiger partial charge in [0.1, 0.15) is 28.7 Å². The van der Waals surface area contributed by atoms with Gasteiger partial charge in [0.2, 0.25) is 5.91 Å². The Morgan fingerprint density at radius 2 is 1.90 bits per heavy atom. The molecule has 0 spiro atoms. The number of piperazine rings is 1. The molecular weight excluding hydrogens is 525 g/mol. The Balaban J connectivity index is 1.28. The molecule has 2 saturated heterocycles. The number of amides is 2. The number of pyridine rings is 1. The molecule has 4 N–H and O–H groups in total. The van der Waals surface area contributed by atoms with E-state index in [0.717, 1.165) is 43.5 Å². The van der Waals surface area contributed by atoms with Gasteiger partial charge in [-0.25, -0.2) is 15.0 Å². The highest BCUT2D eigenvalue weighted by atomic mass is 19.4. The number of alkyl halides is 3. The lowest BCUT2D eigenvalue weighted by Gasteiger charge is -2.42. The molecule has 4 aromatic rings. The van der Waals surface area contributed by atoms with Crippen LogP contribution in [0.25, 0.3) is 16.8 Å². The number of nitrogens with two attached hydrogens (primary N) is 1. The molecule has 6 rings (SSSR count). The summed E-state index contributed by atoms with van der Waals surface area (Å²) in [5.41, 5.74) is 7.49. The quantitative estimate of drug-likeness (QED) is 0.355. The topological polar surface area (TPSA) is 131 Å². The maximum Gasteiger partial charge on any atom is 0.416 e. The minimum atomic E-state index is -4.55. The molecule has 2 fully saturated rings. The van der Waals surface area contributed by atoms with Crippen molar-refractivity contribution >= 4 is 29.0 Å². The van der Waals surface area contributed by atoms with Crippen molar-refractivity contribution < 1.29 is 22.8 Å². The average molecular weight is 551 g/mol. The Kier molecular flexibility index (Phi) is 6.37. The zero-order valence-corrected chi connectivity index (χ0v) is 21.2. The summed E-state index contributed by atoms with van der Waals surface area (Å²) in [6.07, 6.45) is 1.57. The van der Waals surface area contributed by atoms with Gasteiger partial charge >= 0.3 is 6.18 Å². The highest BCUT2D eigenvalue weighted by Crippen LogP contribution is 2.36. The first kappa shape index (κ1) is 25.7. The number of nitrogens with one attached hydrogen (secondary N) is 2. The van der Waals surface area contributed by atoms with Crippen LogP contribution in [0.1, 0.15) is 40.5 Å². The van der Waals surface area contributed by atoms with Gasteiger partial charge in [-0.15, -0.1) is 0 Å². The number of halogens is 3. The lowest BCUT2D eigenvalue weighted by Crippen LogP contribution is -2.57. The number of carbonyl (C=O) groups excluding carboxylic acids is 2. The van der Waals surface area contributed by atoms with E-state index in [0.29, 0.717) is 35.7 Å². The molecular formula is C27H25F3N8O2. The molecule has 2 aliphatic heterocycles. The molecule has 0 aliphatic carbocycles. The van der Waals surface area contributed by atoms with Crippen LogP contribution < -0.4 is 16.4 Å². The van der Waals surface area contributed by atoms with Crippen LogP contribution in [0, 0.1) is 0 Å². The molecule has 5 heterocycles. The second kappa shape index (κ2) is 9.90. The molecule has 13 heteroatoms. The molecule has 3 aromatic heterocycles. The molecule has 0 saturated carbocycles. The molecule has 40 heavy (non-hydrogen) atoms. The van der Waals surface area contributed by atoms with Crippen LogP contribution in [0.15, 0.2) is 55.0 Å². The van der Waals surface area contributed by atoms with Crippen molar-refractivity contribution in [1.82, 2.24) is 29.6 Å². The standard InChI is InChI=1S/C27H25F3N8O2/c28-27(29,30)18-7-8-33-20(11-18)35-26(40)16-3-1-15(2-4-16)22-23-24(31)34-9-10-37(23)25(36-22)17-5-6-19-12-32-13-21(39)38(19)14-17/h1-4,7-11,17,19,32H,5-6,12-14H2,(H2,31,34)(H,33,35,40)/t17-,19+/m1/s1. The number of fused-ring (bicyclic) bond motifs is 2. The molecule has 2 atom stereocenters. The fourth-order valence-electron chi connectivity index (χ4n) is 5.42. The van der Waals surface area contributed by atoms with Gasteiger partial charge < -0.3 is 21.3 Å². The number of imidazole rings is 1. The zero-order chi connectivity index (χ0) is 28.0. The van der Waals surface area contributed by atoms with Crippen molar-refractivity contribution in [3.05, 3.63) is 71.9 Å². The summed E-state index contributed by atoms with van der Waals surface area (Å²) in [5, 5.41) is 5.58. The number of hydrogen-bond donors (Lipinski definition) is 3. The lowest BCUT2D eigenvalue weighted by atomic mass is 9.91. The van der Waals surface area contributed by atoms with Crippen LogP contribution in [-0.4, -0.2) is 61.7 Å². The van der Waals surface area contributed by atoms with Crippen molar-refractivity contribution in [2.75, 3.05) is 30.7 Å². The minimum absolute atomic E-state index is 0.00589. The summed E-state index contributed by atoms with van der Waals surface area (Å²) in [6, 6.07) is 8.30. The first-order valence-electron chi connectivity index (χ1n) is 12.8. The largest absolute Gasteiger partial charge is 0.416 e. The van der Waals surface area contributed by atoms with E-state index in [1.807, 2.05) is 9.30 Å². The number of nitrogens with zero attached hydrogens (tertiary/aromatic N) is 5. The normalized spacial score (nSPS) is 19.5. The summed E-state index contributed by atoms with van der Waals surface area (Å²) in [5.74, 6) is 0.350. The summed E-state index contributed by atoms with van der Waals surface area (Å²) >= 11 is 0. The van der Waals surface area contributed by atoms with E-state index >= 15 is 0 Å². The first-order valence-corrected chi connectivity index (χ1v) is 12.8. The van der Waals surface area contributed by atoms with Gasteiger partial charge in [-0.05, 0) is 37.1 Å². The van der Waals surface area contributed by atoms with Gasteiger partial charge in [0.05, 0.1) is 12.1 Å². The number of nitrogen functional groups attached to an aromatic ring is 1. The molecule has 2 aliphatic rings. The van der Waals surface area contributed by atoms with E-state index in [4.69, 9.17) is 10.7 Å². The van der Waals surface area contributed by atoms with Crippen LogP contribution in [-0.2, 0) is 11.0 Å². The highest BCUT2D eigenvalue weighted by Gasteiger charge is 2.36. The van der Waals surface area contributed by atoms with Crippen molar-refractivity contribution in [1.29, 1.82) is 0 Å². The number of benzene rings is 1. The summed E-state index contributed by atoms with van der Waals surface area (Å²) in [6.45, 7) is 1.68. The van der Waals surface area contributed by atoms with Crippen LogP contribution in [0.3, 0.4) is 0 Å². The van der Waals surface area contributed by atoms with E-state index in [9.17, 15) is 22.8 Å². The van der Waals surface area contributed by atoms with Gasteiger partial charge in [-0.3, -0.25) is 14.0 Å². The Morgan fingerprint density at radius 1 is 1.10 bits per heavy atom. The Hall–Kier alpha value is -4.52. The third-order valence-corrected chi connectivity index (χ3v) is 7.41. The first-order chi connectivity index (χ1) is 19.2. The van der Waals surface area contributed by atoms with E-state index in [-0.39, 0.29) is 29.2 Å². The SMILES string of the molecule is Nc1nccn2c([C@@H]3CC[C@H]4CNCC(=O)N4C3)nc(-c3ccc(C(=O)Nc4cc(C(F)(F)F)ccn4)cc3)c12. The van der Waals surface area contributed by atoms with Crippen molar-refractivity contribution in [3.8, 4) is 11.3 Å². The average Bonchev–Trinajstić information content (AvgIpc) is 3.34. The molecule has 0 radical (unpaired) electrons. The second-order valence-corrected chi connectivity index (χ2v) is 9.91. The van der Waals surface area contributed by atoms with Gasteiger partial charge in [0.25, 0.3) is 5.91 Å². The maximum atomic E-state index is 13.0. The Labute approximate surface area is 226 Å². The van der Waals surface area contributed by atoms with Crippen molar-refractivity contribution in [3.63, 3.8) is 0 Å². The highest BCUT2D eigenvalue weighted by molar-refractivity contribution is 6.04. The van der Waals surface area contributed by atoms with E-state index in [1.54, 1.807) is 36.7 Å². The predicted octanol–water partition coefficient (Wildman–Crippen LogP) is 3.32. The molecule has 2 amide bonds. The zero-order valence-electron chi connectivity index (χ0n) is 21.2. The van der Waals surface area contributed by atoms with Gasteiger partial charge in [0, 0.05) is 54.8 Å². The predicted molar refractivity (Wildman–Crippen MR) is 140 cm³/mol. The van der Waals surface area contributed by atoms with Crippen LogP contribution in [0.4, 0.5) is 24.8 Å². The van der Waals surface area contributed by atoms with E-state index in [1.165, 1.54) is 0 Å². The summed E-state index contributed by atoms with van der Waals surface area (Å²) < 4.78 is 40.9. The molecule has 10 nitrogen and oxygen atoms in total. The van der Waals surface area contributed by atoms with E-state index in [2.05, 4.69) is 20.6 Å². The minimum Gasteiger partial charge on any atom is -0.382 e. The third kappa shape index (κ3) is 4.72. The lowest BCUT2D eigenvalue weighted by molar-refractivity contribution is -0.138. The number of hydrogen-bond acceptors (Lipinski definition) is 7. The fraction of sp³-hybridized carbons (Fsp3) is 0.296.